The SMILES string of the molecule is CCSC1CCCC1NCC(O)c1ccc(OC)cc1. The fourth-order valence-electron chi connectivity index (χ4n) is 2.78. The zero-order chi connectivity index (χ0) is 14.4. The molecule has 1 aliphatic rings. The van der Waals surface area contributed by atoms with Gasteiger partial charge in [-0.25, -0.2) is 0 Å². The van der Waals surface area contributed by atoms with E-state index in [4.69, 9.17) is 4.74 Å². The van der Waals surface area contributed by atoms with Gasteiger partial charge in [-0.1, -0.05) is 25.5 Å². The van der Waals surface area contributed by atoms with Crippen molar-refractivity contribution < 1.29 is 9.84 Å². The van der Waals surface area contributed by atoms with E-state index in [2.05, 4.69) is 12.2 Å². The van der Waals surface area contributed by atoms with E-state index in [0.717, 1.165) is 11.3 Å². The first-order chi connectivity index (χ1) is 9.74. The maximum Gasteiger partial charge on any atom is 0.118 e. The first-order valence-corrected chi connectivity index (χ1v) is 8.46. The number of methoxy groups -OCH3 is 1. The first kappa shape index (κ1) is 15.7. The zero-order valence-electron chi connectivity index (χ0n) is 12.3. The van der Waals surface area contributed by atoms with Gasteiger partial charge in [0.05, 0.1) is 13.2 Å². The van der Waals surface area contributed by atoms with Crippen LogP contribution in [-0.4, -0.2) is 35.8 Å². The van der Waals surface area contributed by atoms with Gasteiger partial charge in [-0.3, -0.25) is 0 Å². The molecule has 20 heavy (non-hydrogen) atoms. The second-order valence-corrected chi connectivity index (χ2v) is 6.74. The van der Waals surface area contributed by atoms with Crippen LogP contribution in [0.4, 0.5) is 0 Å². The fraction of sp³-hybridized carbons (Fsp3) is 0.625. The van der Waals surface area contributed by atoms with E-state index in [1.165, 1.54) is 25.0 Å². The van der Waals surface area contributed by atoms with Crippen molar-refractivity contribution in [3.8, 4) is 5.75 Å². The minimum Gasteiger partial charge on any atom is -0.497 e. The van der Waals surface area contributed by atoms with Gasteiger partial charge in [-0.2, -0.15) is 11.8 Å². The van der Waals surface area contributed by atoms with Gasteiger partial charge in [0.25, 0.3) is 0 Å². The molecule has 0 radical (unpaired) electrons. The Morgan fingerprint density at radius 2 is 2.10 bits per heavy atom. The Hall–Kier alpha value is -0.710. The smallest absolute Gasteiger partial charge is 0.118 e. The molecule has 1 saturated carbocycles. The molecule has 3 atom stereocenters. The average Bonchev–Trinajstić information content (AvgIpc) is 2.92. The van der Waals surface area contributed by atoms with Gasteiger partial charge in [0.15, 0.2) is 0 Å². The van der Waals surface area contributed by atoms with Crippen LogP contribution in [0, 0.1) is 0 Å². The van der Waals surface area contributed by atoms with Gasteiger partial charge in [0.1, 0.15) is 5.75 Å². The molecule has 2 rings (SSSR count). The van der Waals surface area contributed by atoms with Crippen LogP contribution in [0.2, 0.25) is 0 Å². The minimum absolute atomic E-state index is 0.450. The topological polar surface area (TPSA) is 41.5 Å². The summed E-state index contributed by atoms with van der Waals surface area (Å²) in [4.78, 5) is 0. The van der Waals surface area contributed by atoms with Gasteiger partial charge in [0.2, 0.25) is 0 Å². The summed E-state index contributed by atoms with van der Waals surface area (Å²) >= 11 is 2.04. The van der Waals surface area contributed by atoms with Crippen molar-refractivity contribution in [1.82, 2.24) is 5.32 Å². The maximum atomic E-state index is 10.3. The maximum absolute atomic E-state index is 10.3. The third-order valence-corrected chi connectivity index (χ3v) is 5.23. The molecular weight excluding hydrogens is 270 g/mol. The van der Waals surface area contributed by atoms with Crippen molar-refractivity contribution in [3.05, 3.63) is 29.8 Å². The summed E-state index contributed by atoms with van der Waals surface area (Å²) in [5.41, 5.74) is 0.941. The first-order valence-electron chi connectivity index (χ1n) is 7.41. The van der Waals surface area contributed by atoms with Crippen molar-refractivity contribution >= 4 is 11.8 Å². The molecule has 4 heteroatoms. The Bertz CT molecular complexity index is 396. The average molecular weight is 295 g/mol. The Balaban J connectivity index is 1.83. The Morgan fingerprint density at radius 3 is 2.75 bits per heavy atom. The summed E-state index contributed by atoms with van der Waals surface area (Å²) in [6, 6.07) is 8.19. The van der Waals surface area contributed by atoms with Crippen LogP contribution in [0.5, 0.6) is 5.75 Å². The number of hydrogen-bond donors (Lipinski definition) is 2. The molecule has 0 aliphatic heterocycles. The Kier molecular flexibility index (Phi) is 6.20. The third kappa shape index (κ3) is 4.14. The summed E-state index contributed by atoms with van der Waals surface area (Å²) in [6.07, 6.45) is 3.38. The summed E-state index contributed by atoms with van der Waals surface area (Å²) in [6.45, 7) is 2.84. The van der Waals surface area contributed by atoms with E-state index in [9.17, 15) is 5.11 Å². The second kappa shape index (κ2) is 7.91. The second-order valence-electron chi connectivity index (χ2n) is 5.23. The molecule has 1 aliphatic carbocycles. The van der Waals surface area contributed by atoms with E-state index in [1.54, 1.807) is 7.11 Å². The van der Waals surface area contributed by atoms with Crippen molar-refractivity contribution in [3.63, 3.8) is 0 Å². The Morgan fingerprint density at radius 1 is 1.35 bits per heavy atom. The van der Waals surface area contributed by atoms with Gasteiger partial charge in [-0.05, 0) is 36.3 Å². The number of nitrogens with one attached hydrogen (secondary N) is 1. The molecule has 1 aromatic rings. The molecule has 0 aromatic heterocycles. The highest BCUT2D eigenvalue weighted by atomic mass is 32.2. The molecule has 0 spiro atoms. The van der Waals surface area contributed by atoms with E-state index < -0.39 is 6.10 Å². The van der Waals surface area contributed by atoms with Gasteiger partial charge in [0, 0.05) is 17.8 Å². The van der Waals surface area contributed by atoms with Gasteiger partial charge in [-0.15, -0.1) is 0 Å². The number of aliphatic hydroxyl groups is 1. The fourth-order valence-corrected chi connectivity index (χ4v) is 4.01. The lowest BCUT2D eigenvalue weighted by Crippen LogP contribution is -2.37. The highest BCUT2D eigenvalue weighted by Crippen LogP contribution is 2.30. The largest absolute Gasteiger partial charge is 0.497 e. The predicted molar refractivity (Wildman–Crippen MR) is 85.5 cm³/mol. The van der Waals surface area contributed by atoms with Gasteiger partial charge >= 0.3 is 0 Å². The van der Waals surface area contributed by atoms with E-state index >= 15 is 0 Å². The zero-order valence-corrected chi connectivity index (χ0v) is 13.2. The highest BCUT2D eigenvalue weighted by Gasteiger charge is 2.27. The van der Waals surface area contributed by atoms with E-state index in [-0.39, 0.29) is 0 Å². The molecule has 1 aromatic carbocycles. The molecule has 0 saturated heterocycles. The van der Waals surface area contributed by atoms with E-state index in [1.807, 2.05) is 36.0 Å². The number of thioether (sulfide) groups is 1. The molecule has 0 heterocycles. The standard InChI is InChI=1S/C16H25NO2S/c1-3-20-16-6-4-5-14(16)17-11-15(18)12-7-9-13(19-2)10-8-12/h7-10,14-18H,3-6,11H2,1-2H3. The lowest BCUT2D eigenvalue weighted by atomic mass is 10.1. The summed E-state index contributed by atoms with van der Waals surface area (Å²) in [5.74, 6) is 1.99. The number of aliphatic hydroxyl groups excluding tert-OH is 1. The molecule has 2 N–H and O–H groups in total. The highest BCUT2D eigenvalue weighted by molar-refractivity contribution is 7.99. The van der Waals surface area contributed by atoms with Crippen molar-refractivity contribution in [2.75, 3.05) is 19.4 Å². The van der Waals surface area contributed by atoms with Crippen LogP contribution in [0.1, 0.15) is 37.9 Å². The van der Waals surface area contributed by atoms with Crippen molar-refractivity contribution in [1.29, 1.82) is 0 Å². The van der Waals surface area contributed by atoms with Crippen LogP contribution in [-0.2, 0) is 0 Å². The lowest BCUT2D eigenvalue weighted by Gasteiger charge is -2.22. The number of rotatable bonds is 7. The number of ether oxygens (including phenoxy) is 1. The number of benzene rings is 1. The third-order valence-electron chi connectivity index (χ3n) is 3.91. The number of hydrogen-bond acceptors (Lipinski definition) is 4. The van der Waals surface area contributed by atoms with Crippen LogP contribution >= 0.6 is 11.8 Å². The predicted octanol–water partition coefficient (Wildman–Crippen LogP) is 2.99. The molecule has 3 nitrogen and oxygen atoms in total. The minimum atomic E-state index is -0.450. The Labute approximate surface area is 126 Å². The van der Waals surface area contributed by atoms with Crippen LogP contribution in [0.15, 0.2) is 24.3 Å². The molecule has 112 valence electrons. The van der Waals surface area contributed by atoms with E-state index in [0.29, 0.717) is 17.8 Å². The molecule has 1 fully saturated rings. The quantitative estimate of drug-likeness (QED) is 0.811. The summed E-state index contributed by atoms with van der Waals surface area (Å²) in [5, 5.41) is 14.5. The van der Waals surface area contributed by atoms with Crippen molar-refractivity contribution in [2.45, 2.75) is 43.6 Å². The van der Waals surface area contributed by atoms with Crippen molar-refractivity contribution in [2.24, 2.45) is 0 Å². The van der Waals surface area contributed by atoms with Crippen LogP contribution < -0.4 is 10.1 Å². The molecular formula is C16H25NO2S. The summed E-state index contributed by atoms with van der Waals surface area (Å²) in [7, 11) is 1.65. The van der Waals surface area contributed by atoms with Crippen LogP contribution in [0.3, 0.4) is 0 Å². The normalized spacial score (nSPS) is 23.8. The molecule has 0 amide bonds. The lowest BCUT2D eigenvalue weighted by molar-refractivity contribution is 0.170. The molecule has 3 unspecified atom stereocenters. The summed E-state index contributed by atoms with van der Waals surface area (Å²) < 4.78 is 5.13. The molecule has 0 bridgehead atoms. The van der Waals surface area contributed by atoms with Crippen LogP contribution in [0.25, 0.3) is 0 Å². The van der Waals surface area contributed by atoms with Gasteiger partial charge < -0.3 is 15.2 Å². The monoisotopic (exact) mass is 295 g/mol.